The molecule has 0 saturated heterocycles. The second-order valence-corrected chi connectivity index (χ2v) is 4.80. The van der Waals surface area contributed by atoms with Crippen LogP contribution >= 0.6 is 0 Å². The quantitative estimate of drug-likeness (QED) is 0.827. The Morgan fingerprint density at radius 1 is 1.47 bits per heavy atom. The molecule has 1 aliphatic rings. The molecule has 1 amide bonds. The number of aromatic nitrogens is 1. The lowest BCUT2D eigenvalue weighted by molar-refractivity contribution is -0.126. The van der Waals surface area contributed by atoms with Gasteiger partial charge in [-0.05, 0) is 26.7 Å². The van der Waals surface area contributed by atoms with Crippen LogP contribution in [0.5, 0.6) is 0 Å². The number of oxazole rings is 1. The van der Waals surface area contributed by atoms with E-state index in [1.807, 2.05) is 13.8 Å². The van der Waals surface area contributed by atoms with Crippen molar-refractivity contribution in [2.45, 2.75) is 51.6 Å². The number of hydrogen-bond acceptors (Lipinski definition) is 4. The van der Waals surface area contributed by atoms with E-state index < -0.39 is 5.54 Å². The van der Waals surface area contributed by atoms with Crippen LogP contribution in [0.3, 0.4) is 0 Å². The largest absolute Gasteiger partial charge is 0.444 e. The van der Waals surface area contributed by atoms with Gasteiger partial charge in [0.15, 0.2) is 0 Å². The van der Waals surface area contributed by atoms with Crippen LogP contribution in [-0.4, -0.2) is 16.4 Å². The van der Waals surface area contributed by atoms with Crippen molar-refractivity contribution < 1.29 is 9.21 Å². The van der Waals surface area contributed by atoms with Crippen LogP contribution < -0.4 is 11.1 Å². The molecule has 1 aromatic heterocycles. The van der Waals surface area contributed by atoms with Crippen molar-refractivity contribution in [2.75, 3.05) is 0 Å². The van der Waals surface area contributed by atoms with Gasteiger partial charge in [0, 0.05) is 0 Å². The summed E-state index contributed by atoms with van der Waals surface area (Å²) in [5.41, 5.74) is 6.21. The highest BCUT2D eigenvalue weighted by molar-refractivity contribution is 5.86. The number of hydrogen-bond donors (Lipinski definition) is 2. The topological polar surface area (TPSA) is 81.2 Å². The van der Waals surface area contributed by atoms with Gasteiger partial charge in [0.05, 0.1) is 17.8 Å². The van der Waals surface area contributed by atoms with Crippen molar-refractivity contribution in [3.05, 3.63) is 17.3 Å². The molecule has 5 heteroatoms. The number of nitrogens with one attached hydrogen (secondary N) is 1. The Labute approximate surface area is 101 Å². The minimum Gasteiger partial charge on any atom is -0.444 e. The zero-order chi connectivity index (χ0) is 12.5. The van der Waals surface area contributed by atoms with E-state index in [0.29, 0.717) is 12.4 Å². The lowest BCUT2D eigenvalue weighted by Crippen LogP contribution is -2.51. The summed E-state index contributed by atoms with van der Waals surface area (Å²) in [7, 11) is 0. The number of aryl methyl sites for hydroxylation is 2. The summed E-state index contributed by atoms with van der Waals surface area (Å²) < 4.78 is 5.39. The predicted molar refractivity (Wildman–Crippen MR) is 63.2 cm³/mol. The number of carbonyl (C=O) groups is 1. The predicted octanol–water partition coefficient (Wildman–Crippen LogP) is 1.18. The highest BCUT2D eigenvalue weighted by atomic mass is 16.4. The van der Waals surface area contributed by atoms with Crippen LogP contribution in [0.25, 0.3) is 0 Å². The molecule has 17 heavy (non-hydrogen) atoms. The summed E-state index contributed by atoms with van der Waals surface area (Å²) >= 11 is 0. The van der Waals surface area contributed by atoms with Gasteiger partial charge in [0.2, 0.25) is 11.8 Å². The third-order valence-electron chi connectivity index (χ3n) is 3.42. The van der Waals surface area contributed by atoms with Gasteiger partial charge in [0.1, 0.15) is 5.76 Å². The molecule has 0 atom stereocenters. The van der Waals surface area contributed by atoms with E-state index in [1.165, 1.54) is 0 Å². The molecule has 0 spiro atoms. The van der Waals surface area contributed by atoms with Gasteiger partial charge in [-0.1, -0.05) is 12.8 Å². The van der Waals surface area contributed by atoms with Gasteiger partial charge in [-0.15, -0.1) is 0 Å². The Kier molecular flexibility index (Phi) is 3.19. The van der Waals surface area contributed by atoms with Crippen LogP contribution in [0.4, 0.5) is 0 Å². The van der Waals surface area contributed by atoms with E-state index in [2.05, 4.69) is 10.3 Å². The van der Waals surface area contributed by atoms with Crippen molar-refractivity contribution in [1.82, 2.24) is 10.3 Å². The van der Waals surface area contributed by atoms with Crippen LogP contribution in [0.1, 0.15) is 43.0 Å². The molecule has 2 rings (SSSR count). The molecule has 0 radical (unpaired) electrons. The van der Waals surface area contributed by atoms with E-state index in [0.717, 1.165) is 37.1 Å². The standard InChI is InChI=1S/C12H19N3O2/c1-8-9(2)17-10(15-8)7-14-11(16)12(13)5-3-4-6-12/h3-7,13H2,1-2H3,(H,14,16). The third-order valence-corrected chi connectivity index (χ3v) is 3.42. The first kappa shape index (κ1) is 12.1. The molecule has 0 unspecified atom stereocenters. The molecular formula is C12H19N3O2. The smallest absolute Gasteiger partial charge is 0.240 e. The molecule has 1 aliphatic carbocycles. The Morgan fingerprint density at radius 3 is 2.65 bits per heavy atom. The van der Waals surface area contributed by atoms with Crippen LogP contribution in [0.15, 0.2) is 4.42 Å². The maximum absolute atomic E-state index is 11.9. The highest BCUT2D eigenvalue weighted by Gasteiger charge is 2.36. The first-order valence-electron chi connectivity index (χ1n) is 6.01. The van der Waals surface area contributed by atoms with Gasteiger partial charge in [-0.25, -0.2) is 4.98 Å². The van der Waals surface area contributed by atoms with Crippen molar-refractivity contribution in [3.63, 3.8) is 0 Å². The fraction of sp³-hybridized carbons (Fsp3) is 0.667. The average molecular weight is 237 g/mol. The van der Waals surface area contributed by atoms with Gasteiger partial charge >= 0.3 is 0 Å². The van der Waals surface area contributed by atoms with E-state index in [9.17, 15) is 4.79 Å². The van der Waals surface area contributed by atoms with E-state index in [1.54, 1.807) is 0 Å². The summed E-state index contributed by atoms with van der Waals surface area (Å²) in [5, 5.41) is 2.80. The summed E-state index contributed by atoms with van der Waals surface area (Å²) in [4.78, 5) is 16.1. The molecule has 1 aromatic rings. The Balaban J connectivity index is 1.92. The van der Waals surface area contributed by atoms with Gasteiger partial charge in [-0.3, -0.25) is 4.79 Å². The molecule has 0 bridgehead atoms. The molecule has 3 N–H and O–H groups in total. The van der Waals surface area contributed by atoms with E-state index >= 15 is 0 Å². The van der Waals surface area contributed by atoms with Crippen LogP contribution in [-0.2, 0) is 11.3 Å². The van der Waals surface area contributed by atoms with Crippen molar-refractivity contribution in [3.8, 4) is 0 Å². The molecule has 94 valence electrons. The summed E-state index contributed by atoms with van der Waals surface area (Å²) in [5.74, 6) is 1.23. The Bertz CT molecular complexity index is 400. The van der Waals surface area contributed by atoms with Crippen LogP contribution in [0, 0.1) is 13.8 Å². The number of nitrogens with zero attached hydrogens (tertiary/aromatic N) is 1. The van der Waals surface area contributed by atoms with E-state index in [4.69, 9.17) is 10.2 Å². The van der Waals surface area contributed by atoms with Crippen molar-refractivity contribution in [1.29, 1.82) is 0 Å². The maximum atomic E-state index is 11.9. The first-order valence-corrected chi connectivity index (χ1v) is 6.01. The summed E-state index contributed by atoms with van der Waals surface area (Å²) in [6, 6.07) is 0. The monoisotopic (exact) mass is 237 g/mol. The zero-order valence-corrected chi connectivity index (χ0v) is 10.4. The Morgan fingerprint density at radius 2 is 2.12 bits per heavy atom. The molecule has 1 saturated carbocycles. The third kappa shape index (κ3) is 2.49. The number of carbonyl (C=O) groups excluding carboxylic acids is 1. The number of nitrogens with two attached hydrogens (primary N) is 1. The molecular weight excluding hydrogens is 218 g/mol. The molecule has 5 nitrogen and oxygen atoms in total. The Hall–Kier alpha value is -1.36. The minimum absolute atomic E-state index is 0.0940. The zero-order valence-electron chi connectivity index (χ0n) is 10.4. The summed E-state index contributed by atoms with van der Waals surface area (Å²) in [6.45, 7) is 4.05. The van der Waals surface area contributed by atoms with Crippen LogP contribution in [0.2, 0.25) is 0 Å². The SMILES string of the molecule is Cc1nc(CNC(=O)C2(N)CCCC2)oc1C. The second kappa shape index (κ2) is 4.49. The first-order chi connectivity index (χ1) is 8.01. The lowest BCUT2D eigenvalue weighted by atomic mass is 9.98. The van der Waals surface area contributed by atoms with Gasteiger partial charge in [-0.2, -0.15) is 0 Å². The molecule has 1 heterocycles. The average Bonchev–Trinajstić information content (AvgIpc) is 2.85. The molecule has 1 fully saturated rings. The normalized spacial score (nSPS) is 18.3. The highest BCUT2D eigenvalue weighted by Crippen LogP contribution is 2.27. The van der Waals surface area contributed by atoms with Gasteiger partial charge < -0.3 is 15.5 Å². The minimum atomic E-state index is -0.684. The summed E-state index contributed by atoms with van der Waals surface area (Å²) in [6.07, 6.45) is 3.59. The molecule has 0 aromatic carbocycles. The van der Waals surface area contributed by atoms with Crippen molar-refractivity contribution in [2.24, 2.45) is 5.73 Å². The van der Waals surface area contributed by atoms with Gasteiger partial charge in [0.25, 0.3) is 0 Å². The maximum Gasteiger partial charge on any atom is 0.240 e. The number of rotatable bonds is 3. The van der Waals surface area contributed by atoms with Crippen molar-refractivity contribution >= 4 is 5.91 Å². The second-order valence-electron chi connectivity index (χ2n) is 4.80. The molecule has 0 aliphatic heterocycles. The fourth-order valence-electron chi connectivity index (χ4n) is 2.18. The fourth-order valence-corrected chi connectivity index (χ4v) is 2.18. The lowest BCUT2D eigenvalue weighted by Gasteiger charge is -2.21. The van der Waals surface area contributed by atoms with E-state index in [-0.39, 0.29) is 5.91 Å². The number of amides is 1.